The van der Waals surface area contributed by atoms with Gasteiger partial charge in [-0.25, -0.2) is 8.42 Å². The van der Waals surface area contributed by atoms with E-state index in [1.54, 1.807) is 45.3 Å². The molecule has 1 aliphatic rings. The third kappa shape index (κ3) is 4.03. The minimum atomic E-state index is -3.90. The van der Waals surface area contributed by atoms with Crippen molar-refractivity contribution < 1.29 is 22.5 Å². The lowest BCUT2D eigenvalue weighted by Crippen LogP contribution is -2.43. The van der Waals surface area contributed by atoms with Crippen molar-refractivity contribution in [3.8, 4) is 0 Å². The molecule has 1 N–H and O–H groups in total. The molecule has 1 aromatic heterocycles. The third-order valence-corrected chi connectivity index (χ3v) is 7.00. The van der Waals surface area contributed by atoms with Crippen molar-refractivity contribution in [1.82, 2.24) is 14.4 Å². The summed E-state index contributed by atoms with van der Waals surface area (Å²) >= 11 is 0. The molecule has 156 valence electrons. The van der Waals surface area contributed by atoms with Gasteiger partial charge in [-0.15, -0.1) is 0 Å². The van der Waals surface area contributed by atoms with E-state index in [9.17, 15) is 18.0 Å². The van der Waals surface area contributed by atoms with E-state index in [0.29, 0.717) is 24.1 Å². The molecular formula is C19H24N4O5S. The van der Waals surface area contributed by atoms with Crippen LogP contribution < -0.4 is 5.32 Å². The second-order valence-electron chi connectivity index (χ2n) is 7.19. The average Bonchev–Trinajstić information content (AvgIpc) is 3.29. The average molecular weight is 420 g/mol. The molecule has 2 aromatic rings. The first kappa shape index (κ1) is 21.0. The molecule has 0 spiro atoms. The van der Waals surface area contributed by atoms with Crippen LogP contribution in [0.25, 0.3) is 0 Å². The zero-order valence-electron chi connectivity index (χ0n) is 16.8. The quantitative estimate of drug-likeness (QED) is 0.789. The molecule has 2 heterocycles. The number of hydrogen-bond acceptors (Lipinski definition) is 6. The molecule has 0 unspecified atom stereocenters. The predicted molar refractivity (Wildman–Crippen MR) is 106 cm³/mol. The summed E-state index contributed by atoms with van der Waals surface area (Å²) in [6, 6.07) is 5.65. The van der Waals surface area contributed by atoms with Gasteiger partial charge in [-0.3, -0.25) is 9.59 Å². The van der Waals surface area contributed by atoms with E-state index in [4.69, 9.17) is 4.52 Å². The number of nitrogens with one attached hydrogen (secondary N) is 1. The molecule has 1 saturated heterocycles. The van der Waals surface area contributed by atoms with Crippen LogP contribution in [0.5, 0.6) is 0 Å². The maximum atomic E-state index is 13.1. The molecule has 9 nitrogen and oxygen atoms in total. The third-order valence-electron chi connectivity index (χ3n) is 4.85. The molecule has 0 radical (unpaired) electrons. The van der Waals surface area contributed by atoms with Gasteiger partial charge in [0.1, 0.15) is 16.6 Å². The molecule has 0 bridgehead atoms. The van der Waals surface area contributed by atoms with Gasteiger partial charge in [-0.2, -0.15) is 4.31 Å². The van der Waals surface area contributed by atoms with Crippen LogP contribution in [0.2, 0.25) is 0 Å². The highest BCUT2D eigenvalue weighted by Crippen LogP contribution is 2.30. The molecule has 1 aliphatic heterocycles. The van der Waals surface area contributed by atoms with Crippen molar-refractivity contribution in [2.24, 2.45) is 0 Å². The Morgan fingerprint density at radius 1 is 1.21 bits per heavy atom. The highest BCUT2D eigenvalue weighted by atomic mass is 32.2. The number of rotatable bonds is 5. The summed E-state index contributed by atoms with van der Waals surface area (Å²) in [6.45, 7) is 3.35. The highest BCUT2D eigenvalue weighted by Gasteiger charge is 2.41. The largest absolute Gasteiger partial charge is 0.360 e. The predicted octanol–water partition coefficient (Wildman–Crippen LogP) is 1.79. The first-order chi connectivity index (χ1) is 13.6. The zero-order valence-corrected chi connectivity index (χ0v) is 17.6. The van der Waals surface area contributed by atoms with E-state index in [-0.39, 0.29) is 28.8 Å². The van der Waals surface area contributed by atoms with Gasteiger partial charge in [0.25, 0.3) is 5.91 Å². The minimum absolute atomic E-state index is 0.0174. The lowest BCUT2D eigenvalue weighted by molar-refractivity contribution is -0.119. The molecule has 1 atom stereocenters. The van der Waals surface area contributed by atoms with Gasteiger partial charge in [0.15, 0.2) is 5.76 Å². The monoisotopic (exact) mass is 420 g/mol. The maximum absolute atomic E-state index is 13.1. The maximum Gasteiger partial charge on any atom is 0.253 e. The van der Waals surface area contributed by atoms with E-state index in [2.05, 4.69) is 10.5 Å². The summed E-state index contributed by atoms with van der Waals surface area (Å²) in [6.07, 6.45) is 1.00. The van der Waals surface area contributed by atoms with Gasteiger partial charge in [0.05, 0.1) is 0 Å². The van der Waals surface area contributed by atoms with Crippen LogP contribution in [0.1, 0.15) is 34.7 Å². The summed E-state index contributed by atoms with van der Waals surface area (Å²) < 4.78 is 32.4. The van der Waals surface area contributed by atoms with Crippen LogP contribution in [0, 0.1) is 13.8 Å². The zero-order chi connectivity index (χ0) is 21.3. The molecule has 0 saturated carbocycles. The lowest BCUT2D eigenvalue weighted by Gasteiger charge is -2.23. The van der Waals surface area contributed by atoms with Crippen molar-refractivity contribution in [3.05, 3.63) is 41.3 Å². The molecule has 1 fully saturated rings. The van der Waals surface area contributed by atoms with Gasteiger partial charge >= 0.3 is 0 Å². The summed E-state index contributed by atoms with van der Waals surface area (Å²) in [7, 11) is -0.587. The summed E-state index contributed by atoms with van der Waals surface area (Å²) in [5.74, 6) is -0.352. The van der Waals surface area contributed by atoms with Crippen molar-refractivity contribution in [2.75, 3.05) is 26.0 Å². The van der Waals surface area contributed by atoms with Crippen LogP contribution in [0.4, 0.5) is 5.69 Å². The van der Waals surface area contributed by atoms with Gasteiger partial charge in [0, 0.05) is 31.9 Å². The Bertz CT molecular complexity index is 1010. The Morgan fingerprint density at radius 2 is 1.86 bits per heavy atom. The standard InChI is InChI=1S/C19H24N4O5S/c1-12-17(13(2)28-21-12)29(26,27)23-11-5-6-16(23)18(24)20-15-9-7-14(8-10-15)19(25)22(3)4/h7-10,16H,5-6,11H2,1-4H3,(H,20,24)/t16-/m1/s1. The highest BCUT2D eigenvalue weighted by molar-refractivity contribution is 7.89. The second-order valence-corrected chi connectivity index (χ2v) is 9.02. The number of nitrogens with zero attached hydrogens (tertiary/aromatic N) is 3. The smallest absolute Gasteiger partial charge is 0.253 e. The first-order valence-corrected chi connectivity index (χ1v) is 10.6. The Hall–Kier alpha value is -2.72. The number of aryl methyl sites for hydroxylation is 2. The fourth-order valence-electron chi connectivity index (χ4n) is 3.43. The van der Waals surface area contributed by atoms with Crippen LogP contribution in [0.3, 0.4) is 0 Å². The Morgan fingerprint density at radius 3 is 2.41 bits per heavy atom. The number of sulfonamides is 1. The van der Waals surface area contributed by atoms with Gasteiger partial charge in [-0.05, 0) is 51.0 Å². The van der Waals surface area contributed by atoms with E-state index in [1.165, 1.54) is 16.1 Å². The summed E-state index contributed by atoms with van der Waals surface area (Å²) in [4.78, 5) is 26.2. The van der Waals surface area contributed by atoms with Crippen LogP contribution in [-0.4, -0.2) is 61.3 Å². The van der Waals surface area contributed by atoms with Crippen LogP contribution in [-0.2, 0) is 14.8 Å². The van der Waals surface area contributed by atoms with Crippen LogP contribution in [0.15, 0.2) is 33.7 Å². The minimum Gasteiger partial charge on any atom is -0.360 e. The number of benzene rings is 1. The number of aromatic nitrogens is 1. The SMILES string of the molecule is Cc1noc(C)c1S(=O)(=O)N1CCC[C@@H]1C(=O)Nc1ccc(C(=O)N(C)C)cc1. The number of amides is 2. The lowest BCUT2D eigenvalue weighted by atomic mass is 10.1. The molecular weight excluding hydrogens is 396 g/mol. The topological polar surface area (TPSA) is 113 Å². The summed E-state index contributed by atoms with van der Waals surface area (Å²) in [5, 5.41) is 6.46. The van der Waals surface area contributed by atoms with E-state index in [1.807, 2.05) is 0 Å². The van der Waals surface area contributed by atoms with Crippen molar-refractivity contribution in [3.63, 3.8) is 0 Å². The normalized spacial score (nSPS) is 17.3. The fraction of sp³-hybridized carbons (Fsp3) is 0.421. The molecule has 1 aromatic carbocycles. The van der Waals surface area contributed by atoms with Gasteiger partial charge < -0.3 is 14.7 Å². The molecule has 2 amide bonds. The second kappa shape index (κ2) is 7.96. The number of anilines is 1. The Kier molecular flexibility index (Phi) is 5.76. The molecule has 10 heteroatoms. The van der Waals surface area contributed by atoms with Gasteiger partial charge in [0.2, 0.25) is 15.9 Å². The Balaban J connectivity index is 1.78. The number of carbonyl (C=O) groups is 2. The van der Waals surface area contributed by atoms with E-state index >= 15 is 0 Å². The Labute approximate surface area is 169 Å². The van der Waals surface area contributed by atoms with E-state index < -0.39 is 22.0 Å². The van der Waals surface area contributed by atoms with E-state index in [0.717, 1.165) is 0 Å². The first-order valence-electron chi connectivity index (χ1n) is 9.20. The van der Waals surface area contributed by atoms with Gasteiger partial charge in [-0.1, -0.05) is 5.16 Å². The van der Waals surface area contributed by atoms with Crippen molar-refractivity contribution >= 4 is 27.5 Å². The number of carbonyl (C=O) groups excluding carboxylic acids is 2. The summed E-state index contributed by atoms with van der Waals surface area (Å²) in [5.41, 5.74) is 1.26. The molecule has 0 aliphatic carbocycles. The van der Waals surface area contributed by atoms with Crippen molar-refractivity contribution in [2.45, 2.75) is 37.6 Å². The fourth-order valence-corrected chi connectivity index (χ4v) is 5.38. The van der Waals surface area contributed by atoms with Crippen molar-refractivity contribution in [1.29, 1.82) is 0 Å². The number of hydrogen-bond donors (Lipinski definition) is 1. The van der Waals surface area contributed by atoms with Crippen LogP contribution >= 0.6 is 0 Å². The molecule has 29 heavy (non-hydrogen) atoms. The molecule has 3 rings (SSSR count).